The van der Waals surface area contributed by atoms with Crippen molar-refractivity contribution in [1.29, 1.82) is 0 Å². The number of nitrogens with one attached hydrogen (secondary N) is 2. The van der Waals surface area contributed by atoms with Crippen LogP contribution in [0.5, 0.6) is 5.75 Å². The summed E-state index contributed by atoms with van der Waals surface area (Å²) in [6.45, 7) is 1.80. The molecule has 0 saturated carbocycles. The average Bonchev–Trinajstić information content (AvgIpc) is 3.06. The van der Waals surface area contributed by atoms with E-state index in [1.54, 1.807) is 36.4 Å². The van der Waals surface area contributed by atoms with Crippen LogP contribution in [0.1, 0.15) is 34.3 Å². The van der Waals surface area contributed by atoms with E-state index in [-0.39, 0.29) is 43.7 Å². The third-order valence-corrected chi connectivity index (χ3v) is 5.78. The Balaban J connectivity index is 1.44. The maximum atomic E-state index is 12.8. The van der Waals surface area contributed by atoms with Crippen molar-refractivity contribution in [2.75, 3.05) is 11.9 Å². The maximum Gasteiger partial charge on any atom is 0.262 e. The van der Waals surface area contributed by atoms with E-state index in [2.05, 4.69) is 10.6 Å². The van der Waals surface area contributed by atoms with Crippen LogP contribution in [0.15, 0.2) is 36.4 Å². The molecule has 8 nitrogen and oxygen atoms in total. The van der Waals surface area contributed by atoms with Gasteiger partial charge in [0.15, 0.2) is 6.61 Å². The lowest BCUT2D eigenvalue weighted by Crippen LogP contribution is -2.52. The first-order valence-corrected chi connectivity index (χ1v) is 10.2. The minimum Gasteiger partial charge on any atom is -0.484 e. The fraction of sp³-hybridized carbons (Fsp3) is 0.273. The number of hydrogen-bond donors (Lipinski definition) is 2. The van der Waals surface area contributed by atoms with Crippen LogP contribution in [0.2, 0.25) is 5.02 Å². The molecule has 0 spiro atoms. The van der Waals surface area contributed by atoms with Crippen LogP contribution in [0, 0.1) is 6.92 Å². The van der Waals surface area contributed by atoms with Crippen molar-refractivity contribution in [1.82, 2.24) is 10.2 Å². The van der Waals surface area contributed by atoms with E-state index in [9.17, 15) is 19.2 Å². The molecule has 0 bridgehead atoms. The second-order valence-electron chi connectivity index (χ2n) is 7.48. The van der Waals surface area contributed by atoms with E-state index in [1.807, 2.05) is 6.92 Å². The quantitative estimate of drug-likeness (QED) is 0.693. The van der Waals surface area contributed by atoms with Crippen LogP contribution >= 0.6 is 11.6 Å². The van der Waals surface area contributed by atoms with Gasteiger partial charge >= 0.3 is 0 Å². The zero-order valence-electron chi connectivity index (χ0n) is 16.7. The molecule has 4 rings (SSSR count). The molecule has 1 atom stereocenters. The highest BCUT2D eigenvalue weighted by Gasteiger charge is 2.39. The zero-order chi connectivity index (χ0) is 22.1. The Kier molecular flexibility index (Phi) is 5.65. The van der Waals surface area contributed by atoms with E-state index in [0.717, 1.165) is 5.56 Å². The fourth-order valence-electron chi connectivity index (χ4n) is 3.74. The Hall–Kier alpha value is -3.39. The summed E-state index contributed by atoms with van der Waals surface area (Å²) in [4.78, 5) is 50.3. The van der Waals surface area contributed by atoms with E-state index >= 15 is 0 Å². The third kappa shape index (κ3) is 4.25. The first-order valence-electron chi connectivity index (χ1n) is 9.79. The molecule has 0 aromatic heterocycles. The summed E-state index contributed by atoms with van der Waals surface area (Å²) in [5, 5.41) is 5.66. The summed E-state index contributed by atoms with van der Waals surface area (Å²) in [6, 6.07) is 9.44. The van der Waals surface area contributed by atoms with Gasteiger partial charge in [-0.1, -0.05) is 17.7 Å². The van der Waals surface area contributed by atoms with E-state index in [4.69, 9.17) is 16.3 Å². The lowest BCUT2D eigenvalue weighted by Gasteiger charge is -2.29. The largest absolute Gasteiger partial charge is 0.484 e. The number of halogens is 1. The number of piperidine rings is 1. The van der Waals surface area contributed by atoms with Gasteiger partial charge in [0.05, 0.1) is 0 Å². The Bertz CT molecular complexity index is 1100. The second-order valence-corrected chi connectivity index (χ2v) is 7.89. The molecule has 2 aliphatic rings. The molecule has 2 N–H and O–H groups in total. The number of aryl methyl sites for hydroxylation is 1. The van der Waals surface area contributed by atoms with Crippen LogP contribution in [0.4, 0.5) is 5.69 Å². The smallest absolute Gasteiger partial charge is 0.262 e. The van der Waals surface area contributed by atoms with Crippen LogP contribution in [-0.4, -0.2) is 41.2 Å². The topological polar surface area (TPSA) is 105 Å². The van der Waals surface area contributed by atoms with Crippen molar-refractivity contribution in [3.63, 3.8) is 0 Å². The minimum atomic E-state index is -0.711. The predicted molar refractivity (Wildman–Crippen MR) is 113 cm³/mol. The summed E-state index contributed by atoms with van der Waals surface area (Å²) < 4.78 is 5.52. The third-order valence-electron chi connectivity index (χ3n) is 5.36. The molecular weight excluding hydrogens is 422 g/mol. The second kappa shape index (κ2) is 8.39. The van der Waals surface area contributed by atoms with Crippen LogP contribution < -0.4 is 15.4 Å². The molecule has 1 unspecified atom stereocenters. The van der Waals surface area contributed by atoms with Crippen molar-refractivity contribution in [3.05, 3.63) is 58.1 Å². The van der Waals surface area contributed by atoms with Gasteiger partial charge in [0.25, 0.3) is 11.8 Å². The SMILES string of the molecule is Cc1cc(OCC(=O)Nc2cccc3c2CN(C2CCC(=O)NC2=O)C3=O)ccc1Cl. The molecule has 0 aliphatic carbocycles. The van der Waals surface area contributed by atoms with Gasteiger partial charge in [-0.05, 0) is 49.2 Å². The average molecular weight is 442 g/mol. The molecule has 2 aromatic rings. The number of benzene rings is 2. The highest BCUT2D eigenvalue weighted by atomic mass is 35.5. The standard InChI is InChI=1S/C22H20ClN3O5/c1-12-9-13(5-6-16(12)23)31-11-20(28)24-17-4-2-3-14-15(17)10-26(22(14)30)18-7-8-19(27)25-21(18)29/h2-6,9,18H,7-8,10-11H2,1H3,(H,24,28)(H,25,27,29). The van der Waals surface area contributed by atoms with E-state index in [1.165, 1.54) is 4.90 Å². The van der Waals surface area contributed by atoms with E-state index in [0.29, 0.717) is 27.6 Å². The van der Waals surface area contributed by atoms with Crippen molar-refractivity contribution in [3.8, 4) is 5.75 Å². The number of ether oxygens (including phenoxy) is 1. The number of fused-ring (bicyclic) bond motifs is 1. The van der Waals surface area contributed by atoms with Gasteiger partial charge in [-0.2, -0.15) is 0 Å². The molecule has 31 heavy (non-hydrogen) atoms. The van der Waals surface area contributed by atoms with Gasteiger partial charge in [-0.3, -0.25) is 24.5 Å². The highest BCUT2D eigenvalue weighted by Crippen LogP contribution is 2.32. The number of amides is 4. The van der Waals surface area contributed by atoms with Gasteiger partial charge in [0, 0.05) is 34.8 Å². The van der Waals surface area contributed by atoms with Crippen molar-refractivity contribution in [2.45, 2.75) is 32.4 Å². The highest BCUT2D eigenvalue weighted by molar-refractivity contribution is 6.31. The Labute approximate surface area is 183 Å². The first-order chi connectivity index (χ1) is 14.8. The molecule has 1 saturated heterocycles. The summed E-state index contributed by atoms with van der Waals surface area (Å²) in [7, 11) is 0. The molecular formula is C22H20ClN3O5. The number of imide groups is 1. The Morgan fingerprint density at radius 2 is 2.06 bits per heavy atom. The number of nitrogens with zero attached hydrogens (tertiary/aromatic N) is 1. The van der Waals surface area contributed by atoms with Crippen LogP contribution in [0.25, 0.3) is 0 Å². The predicted octanol–water partition coefficient (Wildman–Crippen LogP) is 2.43. The number of hydrogen-bond acceptors (Lipinski definition) is 5. The number of carbonyl (C=O) groups is 4. The maximum absolute atomic E-state index is 12.8. The van der Waals surface area contributed by atoms with Gasteiger partial charge in [-0.15, -0.1) is 0 Å². The van der Waals surface area contributed by atoms with Gasteiger partial charge in [0.1, 0.15) is 11.8 Å². The van der Waals surface area contributed by atoms with Gasteiger partial charge in [-0.25, -0.2) is 0 Å². The monoisotopic (exact) mass is 441 g/mol. The molecule has 2 aliphatic heterocycles. The summed E-state index contributed by atoms with van der Waals surface area (Å²) in [6.07, 6.45) is 0.460. The van der Waals surface area contributed by atoms with E-state index < -0.39 is 11.9 Å². The van der Waals surface area contributed by atoms with Gasteiger partial charge < -0.3 is 15.0 Å². The summed E-state index contributed by atoms with van der Waals surface area (Å²) in [5.41, 5.74) is 2.39. The Morgan fingerprint density at radius 1 is 1.26 bits per heavy atom. The molecule has 0 radical (unpaired) electrons. The first kappa shape index (κ1) is 20.9. The van der Waals surface area contributed by atoms with Crippen molar-refractivity contribution >= 4 is 40.9 Å². The normalized spacial score (nSPS) is 17.9. The number of anilines is 1. The minimum absolute atomic E-state index is 0.175. The zero-order valence-corrected chi connectivity index (χ0v) is 17.5. The lowest BCUT2D eigenvalue weighted by atomic mass is 10.0. The van der Waals surface area contributed by atoms with Crippen LogP contribution in [0.3, 0.4) is 0 Å². The molecule has 1 fully saturated rings. The molecule has 2 heterocycles. The van der Waals surface area contributed by atoms with Gasteiger partial charge in [0.2, 0.25) is 11.8 Å². The molecule has 9 heteroatoms. The fourth-order valence-corrected chi connectivity index (χ4v) is 3.86. The summed E-state index contributed by atoms with van der Waals surface area (Å²) >= 11 is 5.99. The number of carbonyl (C=O) groups excluding carboxylic acids is 4. The Morgan fingerprint density at radius 3 is 2.81 bits per heavy atom. The van der Waals surface area contributed by atoms with Crippen molar-refractivity contribution in [2.24, 2.45) is 0 Å². The lowest BCUT2D eigenvalue weighted by molar-refractivity contribution is -0.137. The van der Waals surface area contributed by atoms with Crippen LogP contribution in [-0.2, 0) is 20.9 Å². The van der Waals surface area contributed by atoms with Crippen molar-refractivity contribution < 1.29 is 23.9 Å². The molecule has 160 valence electrons. The number of rotatable bonds is 5. The molecule has 4 amide bonds. The molecule has 2 aromatic carbocycles. The summed E-state index contributed by atoms with van der Waals surface area (Å²) in [5.74, 6) is -0.972.